The van der Waals surface area contributed by atoms with Crippen molar-refractivity contribution < 1.29 is 9.53 Å². The number of rotatable bonds is 4. The summed E-state index contributed by atoms with van der Waals surface area (Å²) in [5, 5.41) is 3.65. The Kier molecular flexibility index (Phi) is 6.76. The Morgan fingerprint density at radius 1 is 1.17 bits per heavy atom. The van der Waals surface area contributed by atoms with Crippen molar-refractivity contribution in [3.05, 3.63) is 29.8 Å². The monoisotopic (exact) mass is 399 g/mol. The van der Waals surface area contributed by atoms with Gasteiger partial charge in [0.15, 0.2) is 0 Å². The van der Waals surface area contributed by atoms with Crippen LogP contribution in [0.15, 0.2) is 24.3 Å². The van der Waals surface area contributed by atoms with Crippen molar-refractivity contribution in [2.24, 2.45) is 0 Å². The number of hydrogen-bond acceptors (Lipinski definition) is 4. The summed E-state index contributed by atoms with van der Waals surface area (Å²) < 4.78 is 5.75. The van der Waals surface area contributed by atoms with E-state index in [9.17, 15) is 4.79 Å². The molecule has 1 aromatic carbocycles. The van der Waals surface area contributed by atoms with Gasteiger partial charge < -0.3 is 15.0 Å². The van der Waals surface area contributed by atoms with Crippen LogP contribution in [-0.2, 0) is 16.1 Å². The molecule has 3 atom stereocenters. The maximum Gasteiger partial charge on any atom is 0.223 e. The molecule has 160 valence electrons. The van der Waals surface area contributed by atoms with Gasteiger partial charge in [0.05, 0.1) is 6.10 Å². The molecule has 5 heteroatoms. The summed E-state index contributed by atoms with van der Waals surface area (Å²) >= 11 is 0. The molecule has 2 saturated heterocycles. The van der Waals surface area contributed by atoms with Crippen LogP contribution in [0.2, 0.25) is 0 Å². The van der Waals surface area contributed by atoms with Gasteiger partial charge in [-0.15, -0.1) is 0 Å². The first-order valence-corrected chi connectivity index (χ1v) is 11.6. The third-order valence-electron chi connectivity index (χ3n) is 6.93. The average molecular weight is 400 g/mol. The van der Waals surface area contributed by atoms with E-state index in [2.05, 4.69) is 53.2 Å². The lowest BCUT2D eigenvalue weighted by molar-refractivity contribution is -0.133. The highest BCUT2D eigenvalue weighted by atomic mass is 16.5. The first-order valence-electron chi connectivity index (χ1n) is 11.6. The fraction of sp³-hybridized carbons (Fsp3) is 0.708. The van der Waals surface area contributed by atoms with Crippen LogP contribution in [0.3, 0.4) is 0 Å². The van der Waals surface area contributed by atoms with E-state index >= 15 is 0 Å². The number of para-hydroxylation sites is 1. The number of fused-ring (bicyclic) bond motifs is 3. The van der Waals surface area contributed by atoms with E-state index in [4.69, 9.17) is 4.74 Å². The van der Waals surface area contributed by atoms with Crippen molar-refractivity contribution in [2.45, 2.75) is 89.6 Å². The Morgan fingerprint density at radius 2 is 2.00 bits per heavy atom. The van der Waals surface area contributed by atoms with Crippen molar-refractivity contribution in [1.29, 1.82) is 0 Å². The van der Waals surface area contributed by atoms with Gasteiger partial charge in [0, 0.05) is 56.5 Å². The van der Waals surface area contributed by atoms with Gasteiger partial charge in [-0.05, 0) is 64.0 Å². The van der Waals surface area contributed by atoms with Crippen LogP contribution in [0, 0.1) is 0 Å². The van der Waals surface area contributed by atoms with Gasteiger partial charge in [0.1, 0.15) is 0 Å². The maximum absolute atomic E-state index is 13.3. The number of benzene rings is 1. The largest absolute Gasteiger partial charge is 0.385 e. The van der Waals surface area contributed by atoms with Crippen LogP contribution < -0.4 is 5.32 Å². The zero-order chi connectivity index (χ0) is 20.2. The van der Waals surface area contributed by atoms with Crippen LogP contribution in [-0.4, -0.2) is 59.6 Å². The molecule has 0 radical (unpaired) electrons. The normalized spacial score (nSPS) is 28.1. The molecule has 29 heavy (non-hydrogen) atoms. The second-order valence-corrected chi connectivity index (χ2v) is 9.25. The number of hydrogen-bond donors (Lipinski definition) is 1. The Labute approximate surface area is 175 Å². The van der Waals surface area contributed by atoms with Crippen LogP contribution in [0.25, 0.3) is 0 Å². The smallest absolute Gasteiger partial charge is 0.223 e. The molecule has 5 nitrogen and oxygen atoms in total. The Balaban J connectivity index is 1.54. The average Bonchev–Trinajstić information content (AvgIpc) is 3.35. The minimum Gasteiger partial charge on any atom is -0.385 e. The Bertz CT molecular complexity index is 686. The van der Waals surface area contributed by atoms with Gasteiger partial charge in [-0.25, -0.2) is 0 Å². The minimum atomic E-state index is 0.278. The number of carbonyl (C=O) groups is 1. The van der Waals surface area contributed by atoms with E-state index in [0.717, 1.165) is 45.4 Å². The molecule has 3 aliphatic heterocycles. The van der Waals surface area contributed by atoms with Gasteiger partial charge in [-0.2, -0.15) is 0 Å². The quantitative estimate of drug-likeness (QED) is 0.830. The molecule has 0 aliphatic carbocycles. The number of nitrogens with zero attached hydrogens (tertiary/aromatic N) is 2. The summed E-state index contributed by atoms with van der Waals surface area (Å²) in [5.74, 6) is 0.279. The van der Waals surface area contributed by atoms with Crippen LogP contribution in [0.1, 0.15) is 64.4 Å². The molecule has 1 N–H and O–H groups in total. The second kappa shape index (κ2) is 9.48. The third kappa shape index (κ3) is 4.95. The van der Waals surface area contributed by atoms with E-state index in [1.807, 2.05) is 0 Å². The fourth-order valence-corrected chi connectivity index (χ4v) is 5.54. The number of amides is 1. The van der Waals surface area contributed by atoms with Crippen molar-refractivity contribution >= 4 is 11.6 Å². The standard InChI is InChI=1S/C24H37N3O2/c1-18(2)27-20-9-10-21(27)17-26(24(28)12-11-22-7-5-15-29-22)16-19-6-3-4-8-23(19)25-14-13-20/h3-4,6,8,18,20-22,25H,5,7,9-17H2,1-2H3/t20-,21+,22?/m1/s1. The van der Waals surface area contributed by atoms with Crippen molar-refractivity contribution in [2.75, 3.05) is 25.0 Å². The van der Waals surface area contributed by atoms with Gasteiger partial charge in [-0.3, -0.25) is 9.69 Å². The molecule has 0 spiro atoms. The summed E-state index contributed by atoms with van der Waals surface area (Å²) in [7, 11) is 0. The summed E-state index contributed by atoms with van der Waals surface area (Å²) in [6.45, 7) is 7.99. The highest BCUT2D eigenvalue weighted by Gasteiger charge is 2.37. The molecule has 1 unspecified atom stereocenters. The van der Waals surface area contributed by atoms with E-state index in [-0.39, 0.29) is 12.0 Å². The zero-order valence-electron chi connectivity index (χ0n) is 18.1. The van der Waals surface area contributed by atoms with Crippen LogP contribution >= 0.6 is 0 Å². The highest BCUT2D eigenvalue weighted by Crippen LogP contribution is 2.31. The number of anilines is 1. The molecular formula is C24H37N3O2. The molecular weight excluding hydrogens is 362 g/mol. The topological polar surface area (TPSA) is 44.8 Å². The van der Waals surface area contributed by atoms with Crippen molar-refractivity contribution in [3.63, 3.8) is 0 Å². The Hall–Kier alpha value is -1.59. The van der Waals surface area contributed by atoms with Crippen LogP contribution in [0.4, 0.5) is 5.69 Å². The van der Waals surface area contributed by atoms with E-state index < -0.39 is 0 Å². The minimum absolute atomic E-state index is 0.278. The van der Waals surface area contributed by atoms with Crippen molar-refractivity contribution in [1.82, 2.24) is 9.80 Å². The molecule has 2 bridgehead atoms. The number of ether oxygens (including phenoxy) is 1. The number of carbonyl (C=O) groups excluding carboxylic acids is 1. The first kappa shape index (κ1) is 20.7. The second-order valence-electron chi connectivity index (χ2n) is 9.25. The maximum atomic E-state index is 13.3. The molecule has 1 amide bonds. The van der Waals surface area contributed by atoms with Gasteiger partial charge in [0.25, 0.3) is 0 Å². The lowest BCUT2D eigenvalue weighted by Crippen LogP contribution is -2.48. The summed E-state index contributed by atoms with van der Waals surface area (Å²) in [6, 6.07) is 10.1. The lowest BCUT2D eigenvalue weighted by Gasteiger charge is -2.36. The van der Waals surface area contributed by atoms with E-state index in [1.54, 1.807) is 0 Å². The predicted octanol–water partition coefficient (Wildman–Crippen LogP) is 4.03. The predicted molar refractivity (Wildman–Crippen MR) is 117 cm³/mol. The molecule has 3 aliphatic rings. The lowest BCUT2D eigenvalue weighted by atomic mass is 10.1. The SMILES string of the molecule is CC(C)N1[C@H]2CCNc3ccccc3CN(C(=O)CCC3CCCO3)C[C@@H]1CC2. The molecule has 0 saturated carbocycles. The van der Waals surface area contributed by atoms with E-state index in [0.29, 0.717) is 31.1 Å². The summed E-state index contributed by atoms with van der Waals surface area (Å²) in [5.41, 5.74) is 2.41. The molecule has 4 rings (SSSR count). The molecule has 2 fully saturated rings. The van der Waals surface area contributed by atoms with Gasteiger partial charge in [-0.1, -0.05) is 18.2 Å². The van der Waals surface area contributed by atoms with Crippen molar-refractivity contribution in [3.8, 4) is 0 Å². The molecule has 3 heterocycles. The van der Waals surface area contributed by atoms with Crippen LogP contribution in [0.5, 0.6) is 0 Å². The fourth-order valence-electron chi connectivity index (χ4n) is 5.54. The van der Waals surface area contributed by atoms with Gasteiger partial charge in [0.2, 0.25) is 5.91 Å². The number of nitrogens with one attached hydrogen (secondary N) is 1. The molecule has 1 aromatic rings. The molecule has 0 aromatic heterocycles. The summed E-state index contributed by atoms with van der Waals surface area (Å²) in [4.78, 5) is 18.1. The highest BCUT2D eigenvalue weighted by molar-refractivity contribution is 5.76. The first-order chi connectivity index (χ1) is 14.1. The third-order valence-corrected chi connectivity index (χ3v) is 6.93. The zero-order valence-corrected chi connectivity index (χ0v) is 18.1. The van der Waals surface area contributed by atoms with E-state index in [1.165, 1.54) is 24.1 Å². The van der Waals surface area contributed by atoms with Gasteiger partial charge >= 0.3 is 0 Å². The summed E-state index contributed by atoms with van der Waals surface area (Å²) in [6.07, 6.45) is 7.56. The Morgan fingerprint density at radius 3 is 2.79 bits per heavy atom.